The third kappa shape index (κ3) is 4.04. The highest BCUT2D eigenvalue weighted by Crippen LogP contribution is 2.49. The van der Waals surface area contributed by atoms with Crippen LogP contribution < -0.4 is 5.32 Å². The first-order valence-electron chi connectivity index (χ1n) is 7.61. The van der Waals surface area contributed by atoms with Gasteiger partial charge in [-0.2, -0.15) is 12.6 Å². The number of thiol groups is 1. The van der Waals surface area contributed by atoms with Crippen LogP contribution in [0.4, 0.5) is 4.79 Å². The first-order chi connectivity index (χ1) is 9.19. The molecular weight excluding hydrogens is 272 g/mol. The molecule has 1 amide bonds. The van der Waals surface area contributed by atoms with E-state index < -0.39 is 5.60 Å². The molecule has 1 heterocycles. The van der Waals surface area contributed by atoms with Gasteiger partial charge in [-0.1, -0.05) is 0 Å². The fourth-order valence-corrected chi connectivity index (χ4v) is 3.57. The maximum absolute atomic E-state index is 11.7. The van der Waals surface area contributed by atoms with Crippen LogP contribution in [0.2, 0.25) is 0 Å². The van der Waals surface area contributed by atoms with Crippen molar-refractivity contribution < 1.29 is 9.53 Å². The lowest BCUT2D eigenvalue weighted by Crippen LogP contribution is -2.55. The van der Waals surface area contributed by atoms with Crippen molar-refractivity contribution in [1.29, 1.82) is 0 Å². The Morgan fingerprint density at radius 2 is 1.90 bits per heavy atom. The summed E-state index contributed by atoms with van der Waals surface area (Å²) in [7, 11) is 0. The Balaban J connectivity index is 1.71. The summed E-state index contributed by atoms with van der Waals surface area (Å²) in [4.78, 5) is 14.1. The molecule has 2 aliphatic rings. The zero-order chi connectivity index (χ0) is 15.0. The summed E-state index contributed by atoms with van der Waals surface area (Å²) in [5.74, 6) is 0. The van der Waals surface area contributed by atoms with E-state index in [0.29, 0.717) is 16.8 Å². The number of nitrogens with one attached hydrogen (secondary N) is 1. The van der Waals surface area contributed by atoms with Crippen molar-refractivity contribution in [1.82, 2.24) is 10.2 Å². The van der Waals surface area contributed by atoms with Gasteiger partial charge in [0.05, 0.1) is 0 Å². The number of alkyl carbamates (subject to hydrolysis) is 1. The minimum atomic E-state index is -0.417. The van der Waals surface area contributed by atoms with E-state index in [1.807, 2.05) is 20.8 Å². The van der Waals surface area contributed by atoms with Gasteiger partial charge in [0.25, 0.3) is 0 Å². The lowest BCUT2D eigenvalue weighted by molar-refractivity contribution is -0.00349. The first kappa shape index (κ1) is 16.0. The van der Waals surface area contributed by atoms with Crippen LogP contribution in [-0.4, -0.2) is 41.1 Å². The molecular formula is C15H28N2O2S. The minimum Gasteiger partial charge on any atom is -0.444 e. The van der Waals surface area contributed by atoms with Crippen LogP contribution in [0.25, 0.3) is 0 Å². The van der Waals surface area contributed by atoms with E-state index in [0.717, 1.165) is 25.9 Å². The highest BCUT2D eigenvalue weighted by Gasteiger charge is 2.46. The van der Waals surface area contributed by atoms with Crippen LogP contribution in [-0.2, 0) is 4.74 Å². The average molecular weight is 300 g/mol. The predicted octanol–water partition coefficient (Wildman–Crippen LogP) is 3.03. The fraction of sp³-hybridized carbons (Fsp3) is 0.933. The van der Waals surface area contributed by atoms with Crippen molar-refractivity contribution >= 4 is 18.7 Å². The van der Waals surface area contributed by atoms with Gasteiger partial charge in [0.15, 0.2) is 0 Å². The standard InChI is InChI=1S/C15H28N2O2S/c1-11(20)17-7-5-15(6-8-17)9-12(10-15)16-13(18)19-14(2,3)4/h11-12,20H,5-10H2,1-4H3,(H,16,18). The Kier molecular flexibility index (Phi) is 4.59. The van der Waals surface area contributed by atoms with Gasteiger partial charge in [0.1, 0.15) is 5.60 Å². The van der Waals surface area contributed by atoms with Gasteiger partial charge in [0, 0.05) is 11.4 Å². The second kappa shape index (κ2) is 5.76. The normalized spacial score (nSPS) is 25.1. The number of amides is 1. The predicted molar refractivity (Wildman–Crippen MR) is 84.1 cm³/mol. The quantitative estimate of drug-likeness (QED) is 0.770. The van der Waals surface area contributed by atoms with Crippen molar-refractivity contribution in [3.05, 3.63) is 0 Å². The van der Waals surface area contributed by atoms with Crippen LogP contribution in [0.15, 0.2) is 0 Å². The monoisotopic (exact) mass is 300 g/mol. The number of hydrogen-bond donors (Lipinski definition) is 2. The Morgan fingerprint density at radius 1 is 1.35 bits per heavy atom. The molecule has 0 aromatic carbocycles. The summed E-state index contributed by atoms with van der Waals surface area (Å²) >= 11 is 4.50. The van der Waals surface area contributed by atoms with E-state index >= 15 is 0 Å². The molecule has 1 aliphatic heterocycles. The van der Waals surface area contributed by atoms with Crippen LogP contribution in [0.1, 0.15) is 53.4 Å². The fourth-order valence-electron chi connectivity index (χ4n) is 3.34. The maximum atomic E-state index is 11.7. The molecule has 4 nitrogen and oxygen atoms in total. The second-order valence-corrected chi connectivity index (χ2v) is 8.17. The van der Waals surface area contributed by atoms with Crippen LogP contribution in [0.5, 0.6) is 0 Å². The summed E-state index contributed by atoms with van der Waals surface area (Å²) in [5, 5.41) is 3.34. The van der Waals surface area contributed by atoms with Gasteiger partial charge in [-0.15, -0.1) is 0 Å². The molecule has 116 valence electrons. The number of carbonyl (C=O) groups is 1. The molecule has 1 unspecified atom stereocenters. The van der Waals surface area contributed by atoms with Gasteiger partial charge in [-0.05, 0) is 71.9 Å². The molecule has 1 saturated carbocycles. The van der Waals surface area contributed by atoms with E-state index in [9.17, 15) is 4.79 Å². The van der Waals surface area contributed by atoms with Gasteiger partial charge in [-0.25, -0.2) is 4.79 Å². The summed E-state index contributed by atoms with van der Waals surface area (Å²) in [5.41, 5.74) is 0.0401. The molecule has 1 atom stereocenters. The summed E-state index contributed by atoms with van der Waals surface area (Å²) < 4.78 is 5.30. The SMILES string of the molecule is CC(S)N1CCC2(CC1)CC(NC(=O)OC(C)(C)C)C2. The molecule has 1 N–H and O–H groups in total. The number of rotatable bonds is 2. The van der Waals surface area contributed by atoms with Crippen molar-refractivity contribution in [3.63, 3.8) is 0 Å². The first-order valence-corrected chi connectivity index (χ1v) is 8.12. The molecule has 0 bridgehead atoms. The summed E-state index contributed by atoms with van der Waals surface area (Å²) in [6.45, 7) is 10.1. The lowest BCUT2D eigenvalue weighted by atomic mass is 9.60. The average Bonchev–Trinajstić information content (AvgIpc) is 2.24. The Morgan fingerprint density at radius 3 is 2.35 bits per heavy atom. The smallest absolute Gasteiger partial charge is 0.407 e. The van der Waals surface area contributed by atoms with Crippen molar-refractivity contribution in [2.75, 3.05) is 13.1 Å². The van der Waals surface area contributed by atoms with Crippen LogP contribution >= 0.6 is 12.6 Å². The Bertz CT molecular complexity index is 349. The molecule has 1 spiro atoms. The van der Waals surface area contributed by atoms with Crippen molar-refractivity contribution in [2.45, 2.75) is 70.4 Å². The second-order valence-electron chi connectivity index (χ2n) is 7.42. The van der Waals surface area contributed by atoms with Gasteiger partial charge >= 0.3 is 6.09 Å². The zero-order valence-corrected chi connectivity index (χ0v) is 14.0. The number of carbonyl (C=O) groups excluding carboxylic acids is 1. The summed E-state index contributed by atoms with van der Waals surface area (Å²) in [6.07, 6.45) is 4.37. The minimum absolute atomic E-state index is 0.279. The molecule has 2 rings (SSSR count). The highest BCUT2D eigenvalue weighted by molar-refractivity contribution is 7.80. The van der Waals surface area contributed by atoms with Crippen LogP contribution in [0, 0.1) is 5.41 Å². The third-order valence-electron chi connectivity index (χ3n) is 4.47. The van der Waals surface area contributed by atoms with E-state index in [1.165, 1.54) is 12.8 Å². The number of hydrogen-bond acceptors (Lipinski definition) is 4. The van der Waals surface area contributed by atoms with E-state index in [1.54, 1.807) is 0 Å². The Hall–Kier alpha value is -0.420. The maximum Gasteiger partial charge on any atom is 0.407 e. The Labute approximate surface area is 128 Å². The number of likely N-dealkylation sites (tertiary alicyclic amines) is 1. The highest BCUT2D eigenvalue weighted by atomic mass is 32.1. The van der Waals surface area contributed by atoms with Crippen molar-refractivity contribution in [2.24, 2.45) is 5.41 Å². The largest absolute Gasteiger partial charge is 0.444 e. The van der Waals surface area contributed by atoms with E-state index in [2.05, 4.69) is 29.8 Å². The van der Waals surface area contributed by atoms with Crippen LogP contribution in [0.3, 0.4) is 0 Å². The number of nitrogens with zero attached hydrogens (tertiary/aromatic N) is 1. The lowest BCUT2D eigenvalue weighted by Gasteiger charge is -2.52. The van der Waals surface area contributed by atoms with Gasteiger partial charge < -0.3 is 10.1 Å². The van der Waals surface area contributed by atoms with Gasteiger partial charge in [-0.3, -0.25) is 4.90 Å². The van der Waals surface area contributed by atoms with E-state index in [-0.39, 0.29) is 6.09 Å². The third-order valence-corrected chi connectivity index (χ3v) is 4.79. The van der Waals surface area contributed by atoms with Gasteiger partial charge in [0.2, 0.25) is 0 Å². The number of ether oxygens (including phenoxy) is 1. The molecule has 1 aliphatic carbocycles. The zero-order valence-electron chi connectivity index (χ0n) is 13.1. The number of piperidine rings is 1. The molecule has 20 heavy (non-hydrogen) atoms. The van der Waals surface area contributed by atoms with Crippen molar-refractivity contribution in [3.8, 4) is 0 Å². The summed E-state index contributed by atoms with van der Waals surface area (Å²) in [6, 6.07) is 0.296. The van der Waals surface area contributed by atoms with E-state index in [4.69, 9.17) is 4.74 Å². The molecule has 0 radical (unpaired) electrons. The molecule has 5 heteroatoms. The molecule has 0 aromatic heterocycles. The molecule has 0 aromatic rings. The molecule has 2 fully saturated rings. The topological polar surface area (TPSA) is 41.6 Å². The molecule has 1 saturated heterocycles.